The van der Waals surface area contributed by atoms with Crippen LogP contribution in [0.1, 0.15) is 25.0 Å². The maximum absolute atomic E-state index is 12.5. The van der Waals surface area contributed by atoms with Gasteiger partial charge in [0.1, 0.15) is 5.75 Å². The molecule has 1 fully saturated rings. The van der Waals surface area contributed by atoms with Crippen LogP contribution >= 0.6 is 0 Å². The maximum atomic E-state index is 12.5. The van der Waals surface area contributed by atoms with E-state index in [0.717, 1.165) is 0 Å². The molecule has 0 aliphatic carbocycles. The minimum absolute atomic E-state index is 0.0609. The molecule has 1 saturated heterocycles. The van der Waals surface area contributed by atoms with Crippen LogP contribution in [0.4, 0.5) is 5.69 Å². The number of ether oxygens (including phenoxy) is 2. The summed E-state index contributed by atoms with van der Waals surface area (Å²) in [4.78, 5) is 38.6. The number of amides is 2. The van der Waals surface area contributed by atoms with Gasteiger partial charge in [0, 0.05) is 61.4 Å². The van der Waals surface area contributed by atoms with E-state index in [0.29, 0.717) is 43.1 Å². The number of nitro benzene ring substituents is 1. The lowest BCUT2D eigenvalue weighted by Crippen LogP contribution is -2.51. The molecule has 2 aliphatic heterocycles. The highest BCUT2D eigenvalue weighted by atomic mass is 16.7. The Morgan fingerprint density at radius 3 is 2.50 bits per heavy atom. The van der Waals surface area contributed by atoms with Crippen molar-refractivity contribution < 1.29 is 24.0 Å². The molecule has 0 radical (unpaired) electrons. The first-order valence-electron chi connectivity index (χ1n) is 9.14. The summed E-state index contributed by atoms with van der Waals surface area (Å²) < 4.78 is 10.6. The molecular weight excluding hydrogens is 366 g/mol. The fourth-order valence-electron chi connectivity index (χ4n) is 3.24. The average molecular weight is 389 g/mol. The van der Waals surface area contributed by atoms with E-state index < -0.39 is 4.92 Å². The quantitative estimate of drug-likeness (QED) is 0.442. The second kappa shape index (κ2) is 8.39. The van der Waals surface area contributed by atoms with Crippen molar-refractivity contribution in [3.05, 3.63) is 39.4 Å². The molecule has 2 heterocycles. The van der Waals surface area contributed by atoms with Crippen LogP contribution in [0, 0.1) is 16.0 Å². The van der Waals surface area contributed by atoms with Gasteiger partial charge in [-0.3, -0.25) is 19.7 Å². The Kier molecular flexibility index (Phi) is 5.93. The molecule has 150 valence electrons. The van der Waals surface area contributed by atoms with E-state index in [1.54, 1.807) is 9.80 Å². The maximum Gasteiger partial charge on any atom is 0.270 e. The highest BCUT2D eigenvalue weighted by Crippen LogP contribution is 2.33. The zero-order chi connectivity index (χ0) is 20.3. The third kappa shape index (κ3) is 4.30. The summed E-state index contributed by atoms with van der Waals surface area (Å²) in [5.41, 5.74) is 0.962. The van der Waals surface area contributed by atoms with Crippen molar-refractivity contribution in [3.63, 3.8) is 0 Å². The largest absolute Gasteiger partial charge is 0.467 e. The van der Waals surface area contributed by atoms with Gasteiger partial charge >= 0.3 is 0 Å². The second-order valence-electron chi connectivity index (χ2n) is 7.03. The SMILES string of the molecule is CC(C)C(=O)N1CCN(C(=O)/C=C/c2cc([N+](=O)[O-])cc3c2OCOC3)CC1. The first kappa shape index (κ1) is 19.8. The standard InChI is InChI=1S/C19H23N3O6/c1-13(2)19(24)21-7-5-20(6-8-21)17(23)4-3-14-9-16(22(25)26)10-15-11-27-12-28-18(14)15/h3-4,9-10,13H,5-8,11-12H2,1-2H3/b4-3+. The van der Waals surface area contributed by atoms with Crippen LogP contribution in [0.2, 0.25) is 0 Å². The van der Waals surface area contributed by atoms with Gasteiger partial charge in [0.15, 0.2) is 6.79 Å². The summed E-state index contributed by atoms with van der Waals surface area (Å²) >= 11 is 0. The van der Waals surface area contributed by atoms with Crippen LogP contribution in [-0.4, -0.2) is 59.5 Å². The molecule has 9 nitrogen and oxygen atoms in total. The number of non-ortho nitro benzene ring substituents is 1. The van der Waals surface area contributed by atoms with Gasteiger partial charge in [0.05, 0.1) is 11.5 Å². The number of hydrogen-bond donors (Lipinski definition) is 0. The molecule has 0 atom stereocenters. The van der Waals surface area contributed by atoms with Gasteiger partial charge in [0.2, 0.25) is 11.8 Å². The summed E-state index contributed by atoms with van der Waals surface area (Å²) in [5.74, 6) is 0.314. The molecule has 0 N–H and O–H groups in total. The molecule has 1 aromatic rings. The normalized spacial score (nSPS) is 16.8. The van der Waals surface area contributed by atoms with E-state index in [1.807, 2.05) is 13.8 Å². The van der Waals surface area contributed by atoms with Crippen LogP contribution in [0.3, 0.4) is 0 Å². The molecule has 0 spiro atoms. The molecule has 3 rings (SSSR count). The van der Waals surface area contributed by atoms with Crippen molar-refractivity contribution in [2.75, 3.05) is 33.0 Å². The van der Waals surface area contributed by atoms with Crippen LogP contribution in [0.5, 0.6) is 5.75 Å². The molecule has 28 heavy (non-hydrogen) atoms. The fourth-order valence-corrected chi connectivity index (χ4v) is 3.24. The number of nitrogens with zero attached hydrogens (tertiary/aromatic N) is 3. The number of carbonyl (C=O) groups excluding carboxylic acids is 2. The zero-order valence-electron chi connectivity index (χ0n) is 15.9. The summed E-state index contributed by atoms with van der Waals surface area (Å²) in [5, 5.41) is 11.2. The zero-order valence-corrected chi connectivity index (χ0v) is 15.9. The van der Waals surface area contributed by atoms with Crippen LogP contribution < -0.4 is 4.74 Å². The first-order valence-corrected chi connectivity index (χ1v) is 9.14. The van der Waals surface area contributed by atoms with Gasteiger partial charge in [-0.1, -0.05) is 13.8 Å². The first-order chi connectivity index (χ1) is 13.4. The summed E-state index contributed by atoms with van der Waals surface area (Å²) in [6.07, 6.45) is 2.92. The van der Waals surface area contributed by atoms with Gasteiger partial charge in [-0.25, -0.2) is 0 Å². The number of hydrogen-bond acceptors (Lipinski definition) is 6. The van der Waals surface area contributed by atoms with Crippen molar-refractivity contribution in [1.29, 1.82) is 0 Å². The lowest BCUT2D eigenvalue weighted by atomic mass is 10.1. The highest BCUT2D eigenvalue weighted by Gasteiger charge is 2.25. The van der Waals surface area contributed by atoms with Gasteiger partial charge in [-0.05, 0) is 6.08 Å². The van der Waals surface area contributed by atoms with Crippen LogP contribution in [0.25, 0.3) is 6.08 Å². The van der Waals surface area contributed by atoms with Gasteiger partial charge in [-0.2, -0.15) is 0 Å². The molecular formula is C19H23N3O6. The lowest BCUT2D eigenvalue weighted by molar-refractivity contribution is -0.385. The number of fused-ring (bicyclic) bond motifs is 1. The minimum Gasteiger partial charge on any atom is -0.467 e. The van der Waals surface area contributed by atoms with E-state index in [2.05, 4.69) is 0 Å². The predicted octanol–water partition coefficient (Wildman–Crippen LogP) is 1.80. The minimum atomic E-state index is -0.487. The molecule has 9 heteroatoms. The molecule has 1 aromatic carbocycles. The Hall–Kier alpha value is -2.94. The van der Waals surface area contributed by atoms with Crippen LogP contribution in [-0.2, 0) is 20.9 Å². The van der Waals surface area contributed by atoms with E-state index in [9.17, 15) is 19.7 Å². The topological polar surface area (TPSA) is 102 Å². The molecule has 0 saturated carbocycles. The summed E-state index contributed by atoms with van der Waals surface area (Å²) in [6.45, 7) is 5.92. The van der Waals surface area contributed by atoms with Gasteiger partial charge in [0.25, 0.3) is 5.69 Å². The van der Waals surface area contributed by atoms with E-state index in [4.69, 9.17) is 9.47 Å². The Labute approximate surface area is 162 Å². The monoisotopic (exact) mass is 389 g/mol. The van der Waals surface area contributed by atoms with E-state index in [1.165, 1.54) is 24.3 Å². The summed E-state index contributed by atoms with van der Waals surface area (Å²) in [7, 11) is 0. The van der Waals surface area contributed by atoms with Crippen molar-refractivity contribution in [2.45, 2.75) is 20.5 Å². The predicted molar refractivity (Wildman–Crippen MR) is 100 cm³/mol. The number of rotatable bonds is 4. The third-order valence-corrected chi connectivity index (χ3v) is 4.74. The van der Waals surface area contributed by atoms with Crippen molar-refractivity contribution in [2.24, 2.45) is 5.92 Å². The number of carbonyl (C=O) groups is 2. The van der Waals surface area contributed by atoms with Gasteiger partial charge in [-0.15, -0.1) is 0 Å². The number of nitro groups is 1. The highest BCUT2D eigenvalue weighted by molar-refractivity contribution is 5.92. The Morgan fingerprint density at radius 2 is 1.86 bits per heavy atom. The molecule has 0 unspecified atom stereocenters. The van der Waals surface area contributed by atoms with E-state index >= 15 is 0 Å². The Morgan fingerprint density at radius 1 is 1.18 bits per heavy atom. The van der Waals surface area contributed by atoms with Crippen LogP contribution in [0.15, 0.2) is 18.2 Å². The third-order valence-electron chi connectivity index (χ3n) is 4.74. The lowest BCUT2D eigenvalue weighted by Gasteiger charge is -2.35. The molecule has 0 aromatic heterocycles. The van der Waals surface area contributed by atoms with Gasteiger partial charge < -0.3 is 19.3 Å². The average Bonchev–Trinajstić information content (AvgIpc) is 2.70. The van der Waals surface area contributed by atoms with Crippen molar-refractivity contribution in [1.82, 2.24) is 9.80 Å². The van der Waals surface area contributed by atoms with E-state index in [-0.39, 0.29) is 36.8 Å². The number of piperazine rings is 1. The fraction of sp³-hybridized carbons (Fsp3) is 0.474. The Balaban J connectivity index is 1.70. The van der Waals surface area contributed by atoms with Crippen molar-refractivity contribution >= 4 is 23.6 Å². The number of benzene rings is 1. The Bertz CT molecular complexity index is 812. The van der Waals surface area contributed by atoms with Crippen molar-refractivity contribution in [3.8, 4) is 5.75 Å². The smallest absolute Gasteiger partial charge is 0.270 e. The summed E-state index contributed by atoms with van der Waals surface area (Å²) in [6, 6.07) is 2.80. The molecule has 2 aliphatic rings. The molecule has 0 bridgehead atoms. The second-order valence-corrected chi connectivity index (χ2v) is 7.03. The molecule has 2 amide bonds.